The molecule has 128 valence electrons. The summed E-state index contributed by atoms with van der Waals surface area (Å²) in [5.74, 6) is -3.85. The number of amides is 1. The van der Waals surface area contributed by atoms with Crippen molar-refractivity contribution in [2.24, 2.45) is 5.10 Å². The number of carbonyl (C=O) groups excluding carboxylic acids is 1. The number of alkyl halides is 3. The van der Waals surface area contributed by atoms with Crippen LogP contribution < -0.4 is 5.43 Å². The quantitative estimate of drug-likeness (QED) is 0.787. The number of benzene rings is 2. The third-order valence-electron chi connectivity index (χ3n) is 4.39. The molecule has 1 N–H and O–H groups in total. The Balaban J connectivity index is 1.75. The molecule has 1 aliphatic heterocycles. The minimum Gasteiger partial charge on any atom is -0.432 e. The number of halogens is 3. The van der Waals surface area contributed by atoms with Gasteiger partial charge in [0.05, 0.1) is 0 Å². The van der Waals surface area contributed by atoms with E-state index in [0.29, 0.717) is 12.0 Å². The van der Waals surface area contributed by atoms with Crippen LogP contribution in [0.5, 0.6) is 0 Å². The number of carbonyl (C=O) groups is 1. The molecule has 0 saturated heterocycles. The van der Waals surface area contributed by atoms with Gasteiger partial charge in [0, 0.05) is 5.56 Å². The Morgan fingerprint density at radius 2 is 1.92 bits per heavy atom. The monoisotopic (exact) mass is 346 g/mol. The van der Waals surface area contributed by atoms with E-state index in [1.165, 1.54) is 0 Å². The second-order valence-electron chi connectivity index (χ2n) is 5.99. The largest absolute Gasteiger partial charge is 0.432 e. The molecule has 4 nitrogen and oxygen atoms in total. The third kappa shape index (κ3) is 2.56. The Morgan fingerprint density at radius 1 is 1.16 bits per heavy atom. The molecule has 1 unspecified atom stereocenters. The van der Waals surface area contributed by atoms with E-state index in [1.54, 1.807) is 12.1 Å². The molecule has 25 heavy (non-hydrogen) atoms. The Labute approximate surface area is 141 Å². The molecule has 4 rings (SSSR count). The van der Waals surface area contributed by atoms with Crippen molar-refractivity contribution in [3.63, 3.8) is 0 Å². The maximum absolute atomic E-state index is 13.9. The van der Waals surface area contributed by atoms with E-state index in [2.05, 4.69) is 9.84 Å². The molecule has 7 heteroatoms. The summed E-state index contributed by atoms with van der Waals surface area (Å²) in [6, 6.07) is 13.1. The van der Waals surface area contributed by atoms with E-state index in [-0.39, 0.29) is 5.71 Å². The minimum atomic E-state index is -3.85. The lowest BCUT2D eigenvalue weighted by Crippen LogP contribution is -2.50. The highest BCUT2D eigenvalue weighted by Gasteiger charge is 2.48. The number of nitrogens with one attached hydrogen (secondary N) is 1. The van der Waals surface area contributed by atoms with Crippen LogP contribution in [0.1, 0.15) is 16.7 Å². The van der Waals surface area contributed by atoms with Gasteiger partial charge < -0.3 is 4.74 Å². The van der Waals surface area contributed by atoms with Gasteiger partial charge in [0.25, 0.3) is 0 Å². The topological polar surface area (TPSA) is 50.7 Å². The average Bonchev–Trinajstić information content (AvgIpc) is 2.99. The Hall–Kier alpha value is -2.83. The van der Waals surface area contributed by atoms with E-state index < -0.39 is 24.8 Å². The van der Waals surface area contributed by atoms with Crippen LogP contribution in [-0.2, 0) is 11.2 Å². The summed E-state index contributed by atoms with van der Waals surface area (Å²) in [7, 11) is 0. The Morgan fingerprint density at radius 3 is 2.72 bits per heavy atom. The van der Waals surface area contributed by atoms with Crippen LogP contribution in [0, 0.1) is 0 Å². The van der Waals surface area contributed by atoms with Crippen LogP contribution in [0.4, 0.5) is 18.0 Å². The van der Waals surface area contributed by atoms with Gasteiger partial charge in [-0.2, -0.15) is 13.9 Å². The van der Waals surface area contributed by atoms with Gasteiger partial charge in [-0.15, -0.1) is 0 Å². The molecule has 2 aromatic carbocycles. The molecule has 0 saturated carbocycles. The van der Waals surface area contributed by atoms with Crippen LogP contribution in [0.3, 0.4) is 0 Å². The first-order valence-corrected chi connectivity index (χ1v) is 7.69. The minimum absolute atomic E-state index is 0.194. The van der Waals surface area contributed by atoms with Crippen molar-refractivity contribution in [2.45, 2.75) is 18.4 Å². The molecule has 1 heterocycles. The van der Waals surface area contributed by atoms with Crippen LogP contribution in [0.15, 0.2) is 47.6 Å². The van der Waals surface area contributed by atoms with E-state index >= 15 is 0 Å². The molecule has 0 spiro atoms. The van der Waals surface area contributed by atoms with Gasteiger partial charge in [0.15, 0.2) is 6.67 Å². The molecule has 1 atom stereocenters. The van der Waals surface area contributed by atoms with Crippen molar-refractivity contribution in [1.82, 2.24) is 5.43 Å². The highest BCUT2D eigenvalue weighted by Crippen LogP contribution is 2.37. The first-order valence-electron chi connectivity index (χ1n) is 7.69. The van der Waals surface area contributed by atoms with Gasteiger partial charge in [0.2, 0.25) is 6.10 Å². The lowest BCUT2D eigenvalue weighted by Gasteiger charge is -2.28. The van der Waals surface area contributed by atoms with Crippen molar-refractivity contribution in [3.05, 3.63) is 59.2 Å². The standard InChI is InChI=1S/C18H13F3N2O2/c19-9-18(20,21)16-15(22-23-17(24)25-16)11-5-6-14-12(8-11)7-10-3-1-2-4-13(10)14/h1-6,8,16H,7,9H2,(H,23,24). The lowest BCUT2D eigenvalue weighted by atomic mass is 9.96. The van der Waals surface area contributed by atoms with Crippen LogP contribution >= 0.6 is 0 Å². The number of cyclic esters (lactones) is 1. The van der Waals surface area contributed by atoms with Gasteiger partial charge in [-0.05, 0) is 34.7 Å². The van der Waals surface area contributed by atoms with Gasteiger partial charge in [-0.3, -0.25) is 0 Å². The van der Waals surface area contributed by atoms with Gasteiger partial charge in [0.1, 0.15) is 5.71 Å². The fourth-order valence-corrected chi connectivity index (χ4v) is 3.23. The zero-order valence-corrected chi connectivity index (χ0v) is 12.9. The third-order valence-corrected chi connectivity index (χ3v) is 4.39. The first kappa shape index (κ1) is 15.7. The number of fused-ring (bicyclic) bond motifs is 3. The Kier molecular flexibility index (Phi) is 3.52. The predicted molar refractivity (Wildman–Crippen MR) is 85.5 cm³/mol. The number of nitrogens with zero attached hydrogens (tertiary/aromatic N) is 1. The summed E-state index contributed by atoms with van der Waals surface area (Å²) in [6.45, 7) is -1.94. The number of hydrogen-bond donors (Lipinski definition) is 1. The maximum atomic E-state index is 13.9. The van der Waals surface area contributed by atoms with Crippen LogP contribution in [0.2, 0.25) is 0 Å². The number of hydrazone groups is 1. The van der Waals surface area contributed by atoms with E-state index in [0.717, 1.165) is 22.3 Å². The number of rotatable bonds is 3. The molecule has 2 aliphatic rings. The van der Waals surface area contributed by atoms with Crippen molar-refractivity contribution < 1.29 is 22.7 Å². The smallest absolute Gasteiger partial charge is 0.428 e. The summed E-state index contributed by atoms with van der Waals surface area (Å²) in [5.41, 5.74) is 6.42. The Bertz CT molecular complexity index is 896. The number of hydrogen-bond acceptors (Lipinski definition) is 3. The predicted octanol–water partition coefficient (Wildman–Crippen LogP) is 3.68. The summed E-state index contributed by atoms with van der Waals surface area (Å²) < 4.78 is 45.1. The van der Waals surface area contributed by atoms with Crippen LogP contribution in [-0.4, -0.2) is 30.5 Å². The number of ether oxygens (including phenoxy) is 1. The highest BCUT2D eigenvalue weighted by atomic mass is 19.3. The molecule has 0 aromatic heterocycles. The molecule has 0 radical (unpaired) electrons. The summed E-state index contributed by atoms with van der Waals surface area (Å²) in [6.07, 6.45) is -2.52. The molecule has 2 aromatic rings. The van der Waals surface area contributed by atoms with Gasteiger partial charge >= 0.3 is 12.0 Å². The van der Waals surface area contributed by atoms with Crippen molar-refractivity contribution >= 4 is 11.8 Å². The van der Waals surface area contributed by atoms with E-state index in [9.17, 15) is 18.0 Å². The molecule has 0 fully saturated rings. The van der Waals surface area contributed by atoms with Crippen LogP contribution in [0.25, 0.3) is 11.1 Å². The molecular weight excluding hydrogens is 333 g/mol. The first-order chi connectivity index (χ1) is 12.0. The lowest BCUT2D eigenvalue weighted by molar-refractivity contribution is -0.0972. The maximum Gasteiger partial charge on any atom is 0.428 e. The van der Waals surface area contributed by atoms with Crippen molar-refractivity contribution in [2.75, 3.05) is 6.67 Å². The van der Waals surface area contributed by atoms with E-state index in [4.69, 9.17) is 0 Å². The molecule has 1 aliphatic carbocycles. The fourth-order valence-electron chi connectivity index (χ4n) is 3.23. The van der Waals surface area contributed by atoms with Crippen molar-refractivity contribution in [1.29, 1.82) is 0 Å². The molecule has 1 amide bonds. The summed E-state index contributed by atoms with van der Waals surface area (Å²) in [5, 5.41) is 3.70. The molecular formula is C18H13F3N2O2. The van der Waals surface area contributed by atoms with Gasteiger partial charge in [-0.25, -0.2) is 14.6 Å². The average molecular weight is 346 g/mol. The zero-order chi connectivity index (χ0) is 17.6. The van der Waals surface area contributed by atoms with Crippen molar-refractivity contribution in [3.8, 4) is 11.1 Å². The zero-order valence-electron chi connectivity index (χ0n) is 12.9. The second kappa shape index (κ2) is 5.61. The molecule has 0 bridgehead atoms. The fraction of sp³-hybridized carbons (Fsp3) is 0.222. The SMILES string of the molecule is O=C1NN=C(c2ccc3c(c2)Cc2ccccc2-3)C(C(F)(F)CF)O1. The normalized spacial score (nSPS) is 18.8. The van der Waals surface area contributed by atoms with Gasteiger partial charge in [-0.1, -0.05) is 36.4 Å². The summed E-state index contributed by atoms with van der Waals surface area (Å²) in [4.78, 5) is 11.3. The second-order valence-corrected chi connectivity index (χ2v) is 5.99. The highest BCUT2D eigenvalue weighted by molar-refractivity contribution is 6.07. The summed E-state index contributed by atoms with van der Waals surface area (Å²) >= 11 is 0. The van der Waals surface area contributed by atoms with E-state index in [1.807, 2.05) is 35.8 Å².